The Kier molecular flexibility index (Phi) is 4.60. The van der Waals surface area contributed by atoms with Crippen LogP contribution >= 0.6 is 0 Å². The molecule has 0 aliphatic carbocycles. The molecule has 2 N–H and O–H groups in total. The second kappa shape index (κ2) is 6.24. The van der Waals surface area contributed by atoms with Crippen LogP contribution in [0.2, 0.25) is 0 Å². The van der Waals surface area contributed by atoms with Crippen molar-refractivity contribution in [3.63, 3.8) is 0 Å². The van der Waals surface area contributed by atoms with Gasteiger partial charge in [0.2, 0.25) is 5.91 Å². The molecule has 0 spiro atoms. The number of carbonyl (C=O) groups excluding carboxylic acids is 1. The first-order valence-corrected chi connectivity index (χ1v) is 7.33. The van der Waals surface area contributed by atoms with E-state index in [9.17, 15) is 4.79 Å². The summed E-state index contributed by atoms with van der Waals surface area (Å²) in [5.41, 5.74) is 0.605. The molecule has 0 saturated carbocycles. The first kappa shape index (κ1) is 15.5. The second-order valence-electron chi connectivity index (χ2n) is 6.32. The van der Waals surface area contributed by atoms with Gasteiger partial charge < -0.3 is 20.1 Å². The minimum Gasteiger partial charge on any atom is -0.490 e. The van der Waals surface area contributed by atoms with E-state index in [4.69, 9.17) is 9.47 Å². The van der Waals surface area contributed by atoms with Crippen molar-refractivity contribution >= 4 is 11.6 Å². The molecule has 0 fully saturated rings. The highest BCUT2D eigenvalue weighted by Gasteiger charge is 2.19. The highest BCUT2D eigenvalue weighted by molar-refractivity contribution is 5.84. The number of ether oxygens (including phenoxy) is 2. The largest absolute Gasteiger partial charge is 0.490 e. The highest BCUT2D eigenvalue weighted by Crippen LogP contribution is 2.32. The monoisotopic (exact) mass is 292 g/mol. The summed E-state index contributed by atoms with van der Waals surface area (Å²) < 4.78 is 11.2. The number of benzene rings is 1. The molecular formula is C16H24N2O3. The van der Waals surface area contributed by atoms with E-state index in [2.05, 4.69) is 10.6 Å². The van der Waals surface area contributed by atoms with E-state index in [1.807, 2.05) is 45.9 Å². The molecule has 116 valence electrons. The molecule has 1 atom stereocenters. The lowest BCUT2D eigenvalue weighted by atomic mass is 10.1. The van der Waals surface area contributed by atoms with E-state index in [0.717, 1.165) is 23.6 Å². The van der Waals surface area contributed by atoms with E-state index in [-0.39, 0.29) is 17.5 Å². The van der Waals surface area contributed by atoms with Crippen LogP contribution in [0.25, 0.3) is 0 Å². The molecule has 1 heterocycles. The third-order valence-electron chi connectivity index (χ3n) is 3.02. The Morgan fingerprint density at radius 2 is 1.86 bits per heavy atom. The van der Waals surface area contributed by atoms with Gasteiger partial charge in [-0.05, 0) is 39.8 Å². The molecule has 1 aliphatic rings. The zero-order valence-electron chi connectivity index (χ0n) is 13.2. The summed E-state index contributed by atoms with van der Waals surface area (Å²) in [5.74, 6) is 1.44. The Morgan fingerprint density at radius 3 is 2.52 bits per heavy atom. The van der Waals surface area contributed by atoms with Crippen LogP contribution in [0.1, 0.15) is 34.1 Å². The van der Waals surface area contributed by atoms with Crippen LogP contribution in [0.5, 0.6) is 11.5 Å². The molecule has 1 amide bonds. The lowest BCUT2D eigenvalue weighted by Gasteiger charge is -2.24. The molecule has 2 rings (SSSR count). The van der Waals surface area contributed by atoms with Crippen LogP contribution in [0.4, 0.5) is 5.69 Å². The van der Waals surface area contributed by atoms with Gasteiger partial charge in [-0.25, -0.2) is 0 Å². The average molecular weight is 292 g/mol. The van der Waals surface area contributed by atoms with Crippen molar-refractivity contribution in [2.24, 2.45) is 0 Å². The summed E-state index contributed by atoms with van der Waals surface area (Å²) in [7, 11) is 0. The zero-order chi connectivity index (χ0) is 15.5. The molecule has 5 heteroatoms. The number of nitrogens with one attached hydrogen (secondary N) is 2. The SMILES string of the molecule is CC(Nc1ccc2c(c1)OCCCO2)C(=O)NC(C)(C)C. The lowest BCUT2D eigenvalue weighted by Crippen LogP contribution is -2.47. The van der Waals surface area contributed by atoms with Gasteiger partial charge in [0.05, 0.1) is 13.2 Å². The molecule has 1 aromatic rings. The fourth-order valence-corrected chi connectivity index (χ4v) is 2.05. The summed E-state index contributed by atoms with van der Waals surface area (Å²) in [6.45, 7) is 9.05. The minimum atomic E-state index is -0.325. The summed E-state index contributed by atoms with van der Waals surface area (Å²) in [6.07, 6.45) is 0.877. The van der Waals surface area contributed by atoms with Crippen molar-refractivity contribution in [3.8, 4) is 11.5 Å². The van der Waals surface area contributed by atoms with Crippen molar-refractivity contribution in [1.29, 1.82) is 0 Å². The van der Waals surface area contributed by atoms with E-state index < -0.39 is 0 Å². The summed E-state index contributed by atoms with van der Waals surface area (Å²) >= 11 is 0. The number of hydrogen-bond donors (Lipinski definition) is 2. The van der Waals surface area contributed by atoms with E-state index in [0.29, 0.717) is 13.2 Å². The Balaban J connectivity index is 2.02. The summed E-state index contributed by atoms with van der Waals surface area (Å²) in [6, 6.07) is 5.32. The van der Waals surface area contributed by atoms with Crippen LogP contribution < -0.4 is 20.1 Å². The molecule has 0 aromatic heterocycles. The van der Waals surface area contributed by atoms with Crippen molar-refractivity contribution in [3.05, 3.63) is 18.2 Å². The van der Waals surface area contributed by atoms with Gasteiger partial charge in [-0.15, -0.1) is 0 Å². The minimum absolute atomic E-state index is 0.0328. The topological polar surface area (TPSA) is 59.6 Å². The van der Waals surface area contributed by atoms with Crippen LogP contribution in [0.15, 0.2) is 18.2 Å². The number of anilines is 1. The van der Waals surface area contributed by atoms with Gasteiger partial charge in [0, 0.05) is 23.7 Å². The third kappa shape index (κ3) is 4.55. The fourth-order valence-electron chi connectivity index (χ4n) is 2.05. The van der Waals surface area contributed by atoms with E-state index in [1.54, 1.807) is 0 Å². The van der Waals surface area contributed by atoms with Gasteiger partial charge in [0.1, 0.15) is 6.04 Å². The predicted molar refractivity (Wildman–Crippen MR) is 83.0 cm³/mol. The summed E-state index contributed by atoms with van der Waals surface area (Å²) in [4.78, 5) is 12.1. The van der Waals surface area contributed by atoms with Crippen molar-refractivity contribution < 1.29 is 14.3 Å². The van der Waals surface area contributed by atoms with Crippen molar-refractivity contribution in [1.82, 2.24) is 5.32 Å². The van der Waals surface area contributed by atoms with Crippen molar-refractivity contribution in [2.45, 2.75) is 45.7 Å². The lowest BCUT2D eigenvalue weighted by molar-refractivity contribution is -0.122. The summed E-state index contributed by atoms with van der Waals surface area (Å²) in [5, 5.41) is 6.14. The molecule has 1 aromatic carbocycles. The van der Waals surface area contributed by atoms with Crippen molar-refractivity contribution in [2.75, 3.05) is 18.5 Å². The number of rotatable bonds is 3. The van der Waals surface area contributed by atoms with Gasteiger partial charge in [0.25, 0.3) is 0 Å². The molecule has 1 aliphatic heterocycles. The van der Waals surface area contributed by atoms with Gasteiger partial charge in [-0.2, -0.15) is 0 Å². The van der Waals surface area contributed by atoms with Crippen LogP contribution in [-0.4, -0.2) is 30.7 Å². The van der Waals surface area contributed by atoms with Crippen LogP contribution in [-0.2, 0) is 4.79 Å². The molecular weight excluding hydrogens is 268 g/mol. The highest BCUT2D eigenvalue weighted by atomic mass is 16.5. The Morgan fingerprint density at radius 1 is 1.19 bits per heavy atom. The smallest absolute Gasteiger partial charge is 0.242 e. The van der Waals surface area contributed by atoms with Gasteiger partial charge in [-0.3, -0.25) is 4.79 Å². The van der Waals surface area contributed by atoms with E-state index in [1.165, 1.54) is 0 Å². The van der Waals surface area contributed by atoms with Gasteiger partial charge >= 0.3 is 0 Å². The van der Waals surface area contributed by atoms with Gasteiger partial charge in [0.15, 0.2) is 11.5 Å². The zero-order valence-corrected chi connectivity index (χ0v) is 13.2. The van der Waals surface area contributed by atoms with Crippen LogP contribution in [0.3, 0.4) is 0 Å². The average Bonchev–Trinajstić information content (AvgIpc) is 2.61. The Bertz CT molecular complexity index is 509. The normalized spacial score (nSPS) is 15.8. The molecule has 0 bridgehead atoms. The maximum atomic E-state index is 12.1. The number of fused-ring (bicyclic) bond motifs is 1. The number of amides is 1. The van der Waals surface area contributed by atoms with E-state index >= 15 is 0 Å². The van der Waals surface area contributed by atoms with Crippen LogP contribution in [0, 0.1) is 0 Å². The molecule has 0 saturated heterocycles. The first-order chi connectivity index (χ1) is 9.85. The third-order valence-corrected chi connectivity index (χ3v) is 3.02. The molecule has 5 nitrogen and oxygen atoms in total. The number of carbonyl (C=O) groups is 1. The van der Waals surface area contributed by atoms with Gasteiger partial charge in [-0.1, -0.05) is 0 Å². The predicted octanol–water partition coefficient (Wildman–Crippen LogP) is 2.56. The Hall–Kier alpha value is -1.91. The fraction of sp³-hybridized carbons (Fsp3) is 0.562. The molecule has 0 radical (unpaired) electrons. The second-order valence-corrected chi connectivity index (χ2v) is 6.32. The maximum absolute atomic E-state index is 12.1. The maximum Gasteiger partial charge on any atom is 0.242 e. The number of hydrogen-bond acceptors (Lipinski definition) is 4. The Labute approximate surface area is 126 Å². The standard InChI is InChI=1S/C16H24N2O3/c1-11(15(19)18-16(2,3)4)17-12-6-7-13-14(10-12)21-9-5-8-20-13/h6-7,10-11,17H,5,8-9H2,1-4H3,(H,18,19). The quantitative estimate of drug-likeness (QED) is 0.899. The molecule has 1 unspecified atom stereocenters. The first-order valence-electron chi connectivity index (χ1n) is 7.33. The molecule has 21 heavy (non-hydrogen) atoms.